The molecule has 1 aliphatic rings. The molecule has 3 heterocycles. The zero-order valence-electron chi connectivity index (χ0n) is 16.2. The average Bonchev–Trinajstić information content (AvgIpc) is 3.29. The molecule has 1 aromatic carbocycles. The second-order valence-corrected chi connectivity index (χ2v) is 7.27. The van der Waals surface area contributed by atoms with Crippen molar-refractivity contribution in [2.24, 2.45) is 0 Å². The molecule has 1 saturated heterocycles. The first kappa shape index (κ1) is 21.0. The molecule has 162 valence electrons. The Kier molecular flexibility index (Phi) is 6.01. The zero-order valence-corrected chi connectivity index (χ0v) is 17.0. The lowest BCUT2D eigenvalue weighted by Crippen LogP contribution is -2.44. The molecular formula is C20H19ClF2N6O2. The van der Waals surface area contributed by atoms with E-state index in [1.807, 2.05) is 6.07 Å². The van der Waals surface area contributed by atoms with Crippen LogP contribution in [-0.4, -0.2) is 52.8 Å². The molecule has 1 aliphatic heterocycles. The lowest BCUT2D eigenvalue weighted by atomic mass is 10.1. The van der Waals surface area contributed by atoms with Crippen LogP contribution in [-0.2, 0) is 0 Å². The maximum Gasteiger partial charge on any atom is 0.487 e. The van der Waals surface area contributed by atoms with Gasteiger partial charge in [-0.3, -0.25) is 9.89 Å². The second-order valence-electron chi connectivity index (χ2n) is 6.83. The minimum atomic E-state index is -3.80. The molecule has 0 unspecified atom stereocenters. The van der Waals surface area contributed by atoms with E-state index >= 15 is 0 Å². The first-order valence-electron chi connectivity index (χ1n) is 9.52. The van der Waals surface area contributed by atoms with Gasteiger partial charge in [0.15, 0.2) is 0 Å². The van der Waals surface area contributed by atoms with Gasteiger partial charge in [0.25, 0.3) is 5.91 Å². The van der Waals surface area contributed by atoms with Gasteiger partial charge in [0, 0.05) is 61.4 Å². The van der Waals surface area contributed by atoms with Gasteiger partial charge in [-0.05, 0) is 36.4 Å². The Labute approximate surface area is 181 Å². The van der Waals surface area contributed by atoms with E-state index < -0.39 is 11.5 Å². The van der Waals surface area contributed by atoms with Crippen molar-refractivity contribution in [2.75, 3.05) is 36.4 Å². The lowest BCUT2D eigenvalue weighted by molar-refractivity contribution is -0.0964. The van der Waals surface area contributed by atoms with Gasteiger partial charge in [0.1, 0.15) is 11.6 Å². The summed E-state index contributed by atoms with van der Waals surface area (Å²) in [5, 5.41) is 12.9. The van der Waals surface area contributed by atoms with Crippen molar-refractivity contribution in [1.29, 1.82) is 0 Å². The maximum absolute atomic E-state index is 12.8. The Balaban J connectivity index is 1.55. The Morgan fingerprint density at radius 3 is 2.58 bits per heavy atom. The number of carbonyl (C=O) groups is 1. The molecule has 2 aromatic heterocycles. The lowest BCUT2D eigenvalue weighted by Gasteiger charge is -2.30. The summed E-state index contributed by atoms with van der Waals surface area (Å²) < 4.78 is 29.7. The molecule has 8 nitrogen and oxygen atoms in total. The number of nitrogens with one attached hydrogen (secondary N) is 3. The van der Waals surface area contributed by atoms with Crippen molar-refractivity contribution in [1.82, 2.24) is 20.5 Å². The van der Waals surface area contributed by atoms with Gasteiger partial charge in [0.05, 0.1) is 11.3 Å². The Hall–Kier alpha value is -3.24. The topological polar surface area (TPSA) is 95.2 Å². The van der Waals surface area contributed by atoms with E-state index in [0.29, 0.717) is 11.3 Å². The van der Waals surface area contributed by atoms with Crippen LogP contribution in [0.2, 0.25) is 0 Å². The van der Waals surface area contributed by atoms with Crippen molar-refractivity contribution in [2.45, 2.75) is 5.57 Å². The van der Waals surface area contributed by atoms with Crippen LogP contribution < -0.4 is 20.3 Å². The van der Waals surface area contributed by atoms with Crippen molar-refractivity contribution in [3.63, 3.8) is 0 Å². The molecule has 0 spiro atoms. The fraction of sp³-hybridized carbons (Fsp3) is 0.250. The first-order chi connectivity index (χ1) is 14.9. The van der Waals surface area contributed by atoms with Crippen molar-refractivity contribution in [3.05, 3.63) is 54.4 Å². The number of pyridine rings is 1. The molecule has 3 N–H and O–H groups in total. The molecule has 1 fully saturated rings. The van der Waals surface area contributed by atoms with E-state index in [2.05, 4.69) is 35.5 Å². The quantitative estimate of drug-likeness (QED) is 0.501. The highest BCUT2D eigenvalue weighted by Gasteiger charge is 2.27. The van der Waals surface area contributed by atoms with E-state index in [0.717, 1.165) is 43.3 Å². The van der Waals surface area contributed by atoms with Crippen LogP contribution in [0.3, 0.4) is 0 Å². The van der Waals surface area contributed by atoms with Crippen LogP contribution in [0.4, 0.5) is 20.3 Å². The summed E-state index contributed by atoms with van der Waals surface area (Å²) >= 11 is 4.75. The summed E-state index contributed by atoms with van der Waals surface area (Å²) in [6.45, 7) is 3.30. The van der Waals surface area contributed by atoms with Crippen LogP contribution in [0.25, 0.3) is 11.3 Å². The Bertz CT molecular complexity index is 1030. The summed E-state index contributed by atoms with van der Waals surface area (Å²) in [7, 11) is 0. The third-order valence-corrected chi connectivity index (χ3v) is 4.76. The van der Waals surface area contributed by atoms with Gasteiger partial charge in [-0.1, -0.05) is 0 Å². The number of amides is 1. The molecule has 0 atom stereocenters. The largest absolute Gasteiger partial charge is 0.487 e. The van der Waals surface area contributed by atoms with Gasteiger partial charge < -0.3 is 20.3 Å². The molecule has 0 bridgehead atoms. The number of aromatic nitrogens is 3. The molecule has 11 heteroatoms. The second kappa shape index (κ2) is 8.86. The number of anilines is 2. The number of H-pyrrole nitrogens is 1. The maximum atomic E-state index is 12.8. The molecule has 4 rings (SSSR count). The van der Waals surface area contributed by atoms with Crippen molar-refractivity contribution < 1.29 is 18.3 Å². The molecule has 1 amide bonds. The predicted molar refractivity (Wildman–Crippen MR) is 113 cm³/mol. The SMILES string of the molecule is O=C(Nc1ccc(OC(F)(F)Cl)cc1)c1cnc(N2CCNCC2)c(-c2ccn[nH]2)c1. The fourth-order valence-corrected chi connectivity index (χ4v) is 3.35. The van der Waals surface area contributed by atoms with E-state index in [9.17, 15) is 13.6 Å². The number of hydrogen-bond acceptors (Lipinski definition) is 6. The number of benzene rings is 1. The van der Waals surface area contributed by atoms with E-state index in [1.165, 1.54) is 30.5 Å². The summed E-state index contributed by atoms with van der Waals surface area (Å²) in [5.74, 6) is 0.254. The molecule has 0 saturated carbocycles. The zero-order chi connectivity index (χ0) is 21.8. The number of halogens is 3. The van der Waals surface area contributed by atoms with Gasteiger partial charge in [-0.15, -0.1) is 8.78 Å². The standard InChI is InChI=1S/C20H19ClF2N6O2/c21-20(22,23)31-15-3-1-14(2-4-15)27-19(30)13-11-16(17-5-6-26-28-17)18(25-12-13)29-9-7-24-8-10-29/h1-6,11-12,24H,7-10H2,(H,26,28)(H,27,30). The summed E-state index contributed by atoms with van der Waals surface area (Å²) in [4.78, 5) is 19.5. The van der Waals surface area contributed by atoms with Crippen LogP contribution in [0.15, 0.2) is 48.8 Å². The van der Waals surface area contributed by atoms with Crippen molar-refractivity contribution >= 4 is 29.0 Å². The number of nitrogens with zero attached hydrogens (tertiary/aromatic N) is 3. The Morgan fingerprint density at radius 1 is 1.19 bits per heavy atom. The normalized spacial score (nSPS) is 14.4. The van der Waals surface area contributed by atoms with Crippen LogP contribution in [0.5, 0.6) is 5.75 Å². The van der Waals surface area contributed by atoms with E-state index in [1.54, 1.807) is 12.3 Å². The van der Waals surface area contributed by atoms with Crippen molar-refractivity contribution in [3.8, 4) is 17.0 Å². The van der Waals surface area contributed by atoms with Gasteiger partial charge in [0.2, 0.25) is 0 Å². The minimum Gasteiger partial charge on any atom is -0.420 e. The van der Waals surface area contributed by atoms with Gasteiger partial charge in [-0.2, -0.15) is 5.10 Å². The number of ether oxygens (including phenoxy) is 1. The highest BCUT2D eigenvalue weighted by Crippen LogP contribution is 2.29. The minimum absolute atomic E-state index is 0.124. The number of hydrogen-bond donors (Lipinski definition) is 3. The van der Waals surface area contributed by atoms with Crippen LogP contribution in [0.1, 0.15) is 10.4 Å². The van der Waals surface area contributed by atoms with Crippen LogP contribution in [0, 0.1) is 0 Å². The third-order valence-electron chi connectivity index (χ3n) is 4.68. The summed E-state index contributed by atoms with van der Waals surface area (Å²) in [6, 6.07) is 9.01. The smallest absolute Gasteiger partial charge is 0.420 e. The summed E-state index contributed by atoms with van der Waals surface area (Å²) in [6.07, 6.45) is 3.15. The van der Waals surface area contributed by atoms with Gasteiger partial charge in [-0.25, -0.2) is 4.98 Å². The monoisotopic (exact) mass is 448 g/mol. The number of aromatic amines is 1. The van der Waals surface area contributed by atoms with Crippen LogP contribution >= 0.6 is 11.6 Å². The molecule has 3 aromatic rings. The fourth-order valence-electron chi connectivity index (χ4n) is 3.26. The highest BCUT2D eigenvalue weighted by atomic mass is 35.5. The number of alkyl halides is 3. The number of piperazine rings is 1. The molecule has 0 radical (unpaired) electrons. The summed E-state index contributed by atoms with van der Waals surface area (Å²) in [5.41, 5.74) is -1.54. The Morgan fingerprint density at radius 2 is 1.94 bits per heavy atom. The van der Waals surface area contributed by atoms with E-state index in [4.69, 9.17) is 11.6 Å². The molecular weight excluding hydrogens is 430 g/mol. The average molecular weight is 449 g/mol. The number of carbonyl (C=O) groups excluding carboxylic acids is 1. The third kappa shape index (κ3) is 5.28. The number of rotatable bonds is 6. The molecule has 0 aliphatic carbocycles. The first-order valence-corrected chi connectivity index (χ1v) is 9.89. The molecule has 31 heavy (non-hydrogen) atoms. The van der Waals surface area contributed by atoms with Gasteiger partial charge >= 0.3 is 5.57 Å². The van der Waals surface area contributed by atoms with E-state index in [-0.39, 0.29) is 5.75 Å². The highest BCUT2D eigenvalue weighted by molar-refractivity contribution is 6.20. The predicted octanol–water partition coefficient (Wildman–Crippen LogP) is 3.30.